The van der Waals surface area contributed by atoms with Crippen molar-refractivity contribution in [3.8, 4) is 0 Å². The Labute approximate surface area is 130 Å². The van der Waals surface area contributed by atoms with Crippen LogP contribution in [-0.4, -0.2) is 43.2 Å². The molecule has 0 saturated carbocycles. The van der Waals surface area contributed by atoms with E-state index in [1.165, 1.54) is 44.9 Å². The van der Waals surface area contributed by atoms with Crippen LogP contribution in [0.3, 0.4) is 0 Å². The summed E-state index contributed by atoms with van der Waals surface area (Å²) in [6, 6.07) is -0.184. The molecule has 0 radical (unpaired) electrons. The number of hydrogen-bond donors (Lipinski definition) is 2. The van der Waals surface area contributed by atoms with Crippen molar-refractivity contribution in [2.75, 3.05) is 19.8 Å². The van der Waals surface area contributed by atoms with Gasteiger partial charge in [-0.1, -0.05) is 51.9 Å². The predicted octanol–water partition coefficient (Wildman–Crippen LogP) is 3.01. The van der Waals surface area contributed by atoms with Crippen LogP contribution in [0.25, 0.3) is 0 Å². The average molecular weight is 301 g/mol. The molecule has 1 heterocycles. The van der Waals surface area contributed by atoms with Crippen molar-refractivity contribution >= 4 is 0 Å². The largest absolute Gasteiger partial charge is 0.389 e. The lowest BCUT2D eigenvalue weighted by Gasteiger charge is -2.14. The second-order valence-corrected chi connectivity index (χ2v) is 6.26. The van der Waals surface area contributed by atoms with Gasteiger partial charge in [0.25, 0.3) is 0 Å². The minimum Gasteiger partial charge on any atom is -0.389 e. The normalized spacial score (nSPS) is 25.6. The van der Waals surface area contributed by atoms with E-state index in [0.717, 1.165) is 32.5 Å². The van der Waals surface area contributed by atoms with Gasteiger partial charge in [-0.3, -0.25) is 0 Å². The second-order valence-electron chi connectivity index (χ2n) is 6.26. The fraction of sp³-hybridized carbons (Fsp3) is 1.00. The summed E-state index contributed by atoms with van der Waals surface area (Å²) in [5, 5.41) is 9.77. The molecule has 21 heavy (non-hydrogen) atoms. The van der Waals surface area contributed by atoms with Crippen molar-refractivity contribution in [3.63, 3.8) is 0 Å². The van der Waals surface area contributed by atoms with E-state index in [1.54, 1.807) is 0 Å². The van der Waals surface area contributed by atoms with Crippen molar-refractivity contribution in [2.24, 2.45) is 5.73 Å². The highest BCUT2D eigenvalue weighted by Gasteiger charge is 2.32. The van der Waals surface area contributed by atoms with Gasteiger partial charge in [-0.15, -0.1) is 0 Å². The van der Waals surface area contributed by atoms with E-state index in [9.17, 15) is 5.11 Å². The fourth-order valence-corrected chi connectivity index (χ4v) is 2.82. The van der Waals surface area contributed by atoms with Crippen LogP contribution in [0.15, 0.2) is 0 Å². The molecule has 3 atom stereocenters. The van der Waals surface area contributed by atoms with Crippen molar-refractivity contribution in [2.45, 2.75) is 89.4 Å². The van der Waals surface area contributed by atoms with Crippen LogP contribution in [0.2, 0.25) is 0 Å². The van der Waals surface area contributed by atoms with Gasteiger partial charge in [-0.05, 0) is 19.3 Å². The first-order valence-electron chi connectivity index (χ1n) is 8.88. The highest BCUT2D eigenvalue weighted by atomic mass is 16.5. The summed E-state index contributed by atoms with van der Waals surface area (Å²) in [7, 11) is 0. The third-order valence-electron chi connectivity index (χ3n) is 4.20. The number of rotatable bonds is 13. The number of nitrogens with two attached hydrogens (primary N) is 1. The number of aliphatic hydroxyl groups excluding tert-OH is 1. The first-order chi connectivity index (χ1) is 10.3. The van der Waals surface area contributed by atoms with Crippen molar-refractivity contribution in [3.05, 3.63) is 0 Å². The molecule has 0 aromatic rings. The van der Waals surface area contributed by atoms with E-state index >= 15 is 0 Å². The number of aliphatic hydroxyl groups is 1. The molecule has 126 valence electrons. The average Bonchev–Trinajstić information content (AvgIpc) is 2.80. The summed E-state index contributed by atoms with van der Waals surface area (Å²) >= 11 is 0. The van der Waals surface area contributed by atoms with Gasteiger partial charge in [0, 0.05) is 13.2 Å². The molecule has 1 fully saturated rings. The van der Waals surface area contributed by atoms with E-state index in [2.05, 4.69) is 6.92 Å². The van der Waals surface area contributed by atoms with E-state index in [4.69, 9.17) is 15.2 Å². The fourth-order valence-electron chi connectivity index (χ4n) is 2.82. The molecule has 1 aliphatic rings. The molecule has 1 rings (SSSR count). The zero-order valence-corrected chi connectivity index (χ0v) is 13.8. The maximum absolute atomic E-state index is 9.77. The minimum absolute atomic E-state index is 0.0249. The van der Waals surface area contributed by atoms with E-state index in [0.29, 0.717) is 6.61 Å². The Morgan fingerprint density at radius 2 is 1.62 bits per heavy atom. The topological polar surface area (TPSA) is 64.7 Å². The predicted molar refractivity (Wildman–Crippen MR) is 86.4 cm³/mol. The Morgan fingerprint density at radius 1 is 1.00 bits per heavy atom. The lowest BCUT2D eigenvalue weighted by Crippen LogP contribution is -2.36. The van der Waals surface area contributed by atoms with E-state index < -0.39 is 6.10 Å². The number of ether oxygens (including phenoxy) is 2. The summed E-state index contributed by atoms with van der Waals surface area (Å²) in [4.78, 5) is 0. The van der Waals surface area contributed by atoms with Crippen LogP contribution in [0.4, 0.5) is 0 Å². The van der Waals surface area contributed by atoms with Crippen molar-refractivity contribution in [1.29, 1.82) is 0 Å². The first-order valence-corrected chi connectivity index (χ1v) is 8.88. The molecule has 1 saturated heterocycles. The highest BCUT2D eigenvalue weighted by Crippen LogP contribution is 2.19. The van der Waals surface area contributed by atoms with Crippen LogP contribution in [-0.2, 0) is 9.47 Å². The maximum atomic E-state index is 9.77. The third kappa shape index (κ3) is 8.77. The van der Waals surface area contributed by atoms with E-state index in [-0.39, 0.29) is 12.1 Å². The summed E-state index contributed by atoms with van der Waals surface area (Å²) in [5.41, 5.74) is 5.72. The summed E-state index contributed by atoms with van der Waals surface area (Å²) < 4.78 is 11.0. The van der Waals surface area contributed by atoms with Crippen molar-refractivity contribution < 1.29 is 14.6 Å². The van der Waals surface area contributed by atoms with E-state index in [1.807, 2.05) is 0 Å². The van der Waals surface area contributed by atoms with Gasteiger partial charge < -0.3 is 20.3 Å². The minimum atomic E-state index is -0.458. The molecule has 3 N–H and O–H groups in total. The van der Waals surface area contributed by atoms with Crippen LogP contribution < -0.4 is 5.73 Å². The molecular formula is C17H35NO3. The monoisotopic (exact) mass is 301 g/mol. The van der Waals surface area contributed by atoms with Gasteiger partial charge in [-0.25, -0.2) is 0 Å². The third-order valence-corrected chi connectivity index (χ3v) is 4.20. The van der Waals surface area contributed by atoms with Crippen LogP contribution >= 0.6 is 0 Å². The lowest BCUT2D eigenvalue weighted by atomic mass is 10.0. The van der Waals surface area contributed by atoms with Gasteiger partial charge >= 0.3 is 0 Å². The molecule has 0 unspecified atom stereocenters. The second kappa shape index (κ2) is 12.4. The smallest absolute Gasteiger partial charge is 0.0974 e. The molecule has 0 aromatic heterocycles. The molecule has 0 aromatic carbocycles. The molecule has 4 nitrogen and oxygen atoms in total. The van der Waals surface area contributed by atoms with Crippen molar-refractivity contribution in [1.82, 2.24) is 0 Å². The van der Waals surface area contributed by atoms with Gasteiger partial charge in [0.2, 0.25) is 0 Å². The van der Waals surface area contributed by atoms with Crippen LogP contribution in [0.5, 0.6) is 0 Å². The molecule has 0 spiro atoms. The molecule has 0 bridgehead atoms. The van der Waals surface area contributed by atoms with Gasteiger partial charge in [0.1, 0.15) is 0 Å². The SMILES string of the molecule is CCCOCCCCCCCCCC[C@@H]1OC[C@@H](N)[C@@H]1O. The molecular weight excluding hydrogens is 266 g/mol. The Kier molecular flexibility index (Phi) is 11.1. The Hall–Kier alpha value is -0.160. The van der Waals surface area contributed by atoms with Crippen LogP contribution in [0.1, 0.15) is 71.1 Å². The molecule has 4 heteroatoms. The number of hydrogen-bond acceptors (Lipinski definition) is 4. The zero-order valence-electron chi connectivity index (χ0n) is 13.8. The maximum Gasteiger partial charge on any atom is 0.0974 e. The molecule has 1 aliphatic heterocycles. The van der Waals surface area contributed by atoms with Gasteiger partial charge in [0.15, 0.2) is 0 Å². The van der Waals surface area contributed by atoms with Gasteiger partial charge in [0.05, 0.1) is 24.9 Å². The molecule has 0 amide bonds. The molecule has 0 aliphatic carbocycles. The standard InChI is InChI=1S/C17H35NO3/c1-2-12-20-13-10-8-6-4-3-5-7-9-11-16-17(19)15(18)14-21-16/h15-17,19H,2-14,18H2,1H3/t15-,16+,17+/m1/s1. The van der Waals surface area contributed by atoms with Crippen LogP contribution in [0, 0.1) is 0 Å². The summed E-state index contributed by atoms with van der Waals surface area (Å²) in [6.07, 6.45) is 11.7. The zero-order chi connectivity index (χ0) is 15.3. The first kappa shape index (κ1) is 18.9. The van der Waals surface area contributed by atoms with Gasteiger partial charge in [-0.2, -0.15) is 0 Å². The Bertz CT molecular complexity index is 238. The number of unbranched alkanes of at least 4 members (excludes halogenated alkanes) is 7. The Morgan fingerprint density at radius 3 is 2.19 bits per heavy atom. The Balaban J connectivity index is 1.77. The summed E-state index contributed by atoms with van der Waals surface area (Å²) in [6.45, 7) is 4.49. The highest BCUT2D eigenvalue weighted by molar-refractivity contribution is 4.85. The lowest BCUT2D eigenvalue weighted by molar-refractivity contribution is 0.0342. The quantitative estimate of drug-likeness (QED) is 0.513. The summed E-state index contributed by atoms with van der Waals surface area (Å²) in [5.74, 6) is 0.